The number of amides is 1. The molecule has 1 aliphatic rings. The van der Waals surface area contributed by atoms with Gasteiger partial charge in [0.25, 0.3) is 5.91 Å². The molecule has 1 aromatic heterocycles. The molecular formula is C17H19N3O4. The van der Waals surface area contributed by atoms with Crippen molar-refractivity contribution in [3.05, 3.63) is 47.3 Å². The van der Waals surface area contributed by atoms with Crippen molar-refractivity contribution in [3.8, 4) is 5.69 Å². The van der Waals surface area contributed by atoms with Crippen LogP contribution < -0.4 is 0 Å². The minimum absolute atomic E-state index is 0.0452. The summed E-state index contributed by atoms with van der Waals surface area (Å²) in [5, 5.41) is 13.6. The van der Waals surface area contributed by atoms with Gasteiger partial charge in [0.1, 0.15) is 0 Å². The molecule has 0 radical (unpaired) electrons. The first-order valence-electron chi connectivity index (χ1n) is 7.74. The molecule has 1 amide bonds. The van der Waals surface area contributed by atoms with Crippen LogP contribution in [-0.2, 0) is 9.53 Å². The number of aryl methyl sites for hydroxylation is 1. The molecule has 7 heteroatoms. The summed E-state index contributed by atoms with van der Waals surface area (Å²) >= 11 is 0. The fourth-order valence-electron chi connectivity index (χ4n) is 2.91. The molecule has 0 spiro atoms. The monoisotopic (exact) mass is 329 g/mol. The van der Waals surface area contributed by atoms with Gasteiger partial charge in [-0.15, -0.1) is 0 Å². The number of rotatable bonds is 3. The number of carbonyl (C=O) groups is 2. The van der Waals surface area contributed by atoms with Crippen LogP contribution in [0.3, 0.4) is 0 Å². The van der Waals surface area contributed by atoms with Crippen molar-refractivity contribution in [2.24, 2.45) is 0 Å². The predicted octanol–water partition coefficient (Wildman–Crippen LogP) is 1.41. The van der Waals surface area contributed by atoms with Gasteiger partial charge in [-0.25, -0.2) is 9.48 Å². The number of ether oxygens (including phenoxy) is 1. The van der Waals surface area contributed by atoms with Gasteiger partial charge >= 0.3 is 5.97 Å². The molecule has 1 fully saturated rings. The first-order valence-corrected chi connectivity index (χ1v) is 7.74. The molecule has 1 unspecified atom stereocenters. The van der Waals surface area contributed by atoms with Crippen LogP contribution >= 0.6 is 0 Å². The number of carbonyl (C=O) groups excluding carboxylic acids is 1. The number of benzene rings is 1. The second-order valence-corrected chi connectivity index (χ2v) is 5.74. The Morgan fingerprint density at radius 2 is 1.96 bits per heavy atom. The van der Waals surface area contributed by atoms with Crippen LogP contribution in [-0.4, -0.2) is 57.5 Å². The zero-order valence-electron chi connectivity index (χ0n) is 13.6. The van der Waals surface area contributed by atoms with Gasteiger partial charge in [-0.05, 0) is 26.0 Å². The van der Waals surface area contributed by atoms with Crippen molar-refractivity contribution < 1.29 is 19.4 Å². The molecule has 0 bridgehead atoms. The highest BCUT2D eigenvalue weighted by Gasteiger charge is 2.32. The maximum absolute atomic E-state index is 12.9. The minimum atomic E-state index is -1.05. The highest BCUT2D eigenvalue weighted by molar-refractivity contribution is 5.97. The molecule has 1 N–H and O–H groups in total. The van der Waals surface area contributed by atoms with Crippen molar-refractivity contribution in [2.75, 3.05) is 19.7 Å². The fourth-order valence-corrected chi connectivity index (χ4v) is 2.91. The van der Waals surface area contributed by atoms with Crippen LogP contribution in [0.5, 0.6) is 0 Å². The van der Waals surface area contributed by atoms with Crippen molar-refractivity contribution >= 4 is 11.9 Å². The Kier molecular flexibility index (Phi) is 4.35. The SMILES string of the molecule is Cc1nn(-c2ccccc2)c(C)c1C(=O)N1CCOC(C(=O)O)C1. The second-order valence-electron chi connectivity index (χ2n) is 5.74. The van der Waals surface area contributed by atoms with E-state index in [2.05, 4.69) is 5.10 Å². The van der Waals surface area contributed by atoms with Crippen LogP contribution in [0.15, 0.2) is 30.3 Å². The molecule has 0 saturated carbocycles. The minimum Gasteiger partial charge on any atom is -0.479 e. The number of hydrogen-bond acceptors (Lipinski definition) is 4. The maximum Gasteiger partial charge on any atom is 0.334 e. The lowest BCUT2D eigenvalue weighted by atomic mass is 10.1. The lowest BCUT2D eigenvalue weighted by Crippen LogP contribution is -2.48. The lowest BCUT2D eigenvalue weighted by Gasteiger charge is -2.31. The van der Waals surface area contributed by atoms with Gasteiger partial charge in [0, 0.05) is 6.54 Å². The molecule has 7 nitrogen and oxygen atoms in total. The van der Waals surface area contributed by atoms with Crippen LogP contribution in [0.25, 0.3) is 5.69 Å². The first kappa shape index (κ1) is 16.2. The summed E-state index contributed by atoms with van der Waals surface area (Å²) in [5.74, 6) is -1.26. The predicted molar refractivity (Wildman–Crippen MR) is 86.3 cm³/mol. The number of carboxylic acids is 1. The number of aliphatic carboxylic acids is 1. The lowest BCUT2D eigenvalue weighted by molar-refractivity contribution is -0.154. The third-order valence-corrected chi connectivity index (χ3v) is 4.14. The summed E-state index contributed by atoms with van der Waals surface area (Å²) < 4.78 is 6.91. The van der Waals surface area contributed by atoms with Gasteiger partial charge in [-0.2, -0.15) is 5.10 Å². The smallest absolute Gasteiger partial charge is 0.334 e. The summed E-state index contributed by atoms with van der Waals surface area (Å²) in [6, 6.07) is 9.58. The van der Waals surface area contributed by atoms with Crippen LogP contribution in [0.1, 0.15) is 21.7 Å². The zero-order valence-corrected chi connectivity index (χ0v) is 13.6. The van der Waals surface area contributed by atoms with Gasteiger partial charge in [-0.3, -0.25) is 4.79 Å². The Morgan fingerprint density at radius 3 is 2.62 bits per heavy atom. The number of hydrogen-bond donors (Lipinski definition) is 1. The highest BCUT2D eigenvalue weighted by atomic mass is 16.5. The molecule has 2 aromatic rings. The molecule has 1 saturated heterocycles. The Hall–Kier alpha value is -2.67. The van der Waals surface area contributed by atoms with Gasteiger partial charge in [0.15, 0.2) is 6.10 Å². The number of para-hydroxylation sites is 1. The molecule has 2 heterocycles. The van der Waals surface area contributed by atoms with E-state index in [1.807, 2.05) is 37.3 Å². The van der Waals surface area contributed by atoms with Crippen molar-refractivity contribution in [2.45, 2.75) is 20.0 Å². The van der Waals surface area contributed by atoms with E-state index in [1.54, 1.807) is 11.6 Å². The first-order chi connectivity index (χ1) is 11.5. The highest BCUT2D eigenvalue weighted by Crippen LogP contribution is 2.20. The fraction of sp³-hybridized carbons (Fsp3) is 0.353. The van der Waals surface area contributed by atoms with Crippen LogP contribution in [0.2, 0.25) is 0 Å². The van der Waals surface area contributed by atoms with Gasteiger partial charge < -0.3 is 14.7 Å². The van der Waals surface area contributed by atoms with Gasteiger partial charge in [0.05, 0.1) is 35.8 Å². The van der Waals surface area contributed by atoms with Gasteiger partial charge in [-0.1, -0.05) is 18.2 Å². The standard InChI is InChI=1S/C17H19N3O4/c1-11-15(12(2)20(18-11)13-6-4-3-5-7-13)16(21)19-8-9-24-14(10-19)17(22)23/h3-7,14H,8-10H2,1-2H3,(H,22,23). The van der Waals surface area contributed by atoms with E-state index in [0.29, 0.717) is 17.8 Å². The molecule has 1 atom stereocenters. The van der Waals surface area contributed by atoms with E-state index < -0.39 is 12.1 Å². The molecular weight excluding hydrogens is 310 g/mol. The van der Waals surface area contributed by atoms with E-state index in [4.69, 9.17) is 9.84 Å². The third-order valence-electron chi connectivity index (χ3n) is 4.14. The maximum atomic E-state index is 12.9. The average Bonchev–Trinajstić information content (AvgIpc) is 2.89. The average molecular weight is 329 g/mol. The summed E-state index contributed by atoms with van der Waals surface area (Å²) in [7, 11) is 0. The van der Waals surface area contributed by atoms with Crippen LogP contribution in [0, 0.1) is 13.8 Å². The molecule has 3 rings (SSSR count). The van der Waals surface area contributed by atoms with Crippen molar-refractivity contribution in [1.82, 2.24) is 14.7 Å². The number of morpholine rings is 1. The molecule has 0 aliphatic carbocycles. The largest absolute Gasteiger partial charge is 0.479 e. The van der Waals surface area contributed by atoms with Crippen LogP contribution in [0.4, 0.5) is 0 Å². The molecule has 24 heavy (non-hydrogen) atoms. The molecule has 126 valence electrons. The normalized spacial score (nSPS) is 17.8. The topological polar surface area (TPSA) is 84.7 Å². The summed E-state index contributed by atoms with van der Waals surface area (Å²) in [6.45, 7) is 4.26. The Morgan fingerprint density at radius 1 is 1.25 bits per heavy atom. The number of aromatic nitrogens is 2. The zero-order chi connectivity index (χ0) is 17.3. The third kappa shape index (κ3) is 2.90. The van der Waals surface area contributed by atoms with E-state index in [-0.39, 0.29) is 19.1 Å². The number of nitrogens with zero attached hydrogens (tertiary/aromatic N) is 3. The number of carboxylic acid groups (broad SMARTS) is 1. The van der Waals surface area contributed by atoms with Crippen molar-refractivity contribution in [1.29, 1.82) is 0 Å². The molecule has 1 aromatic carbocycles. The van der Waals surface area contributed by atoms with E-state index in [1.165, 1.54) is 4.90 Å². The van der Waals surface area contributed by atoms with Gasteiger partial charge in [0.2, 0.25) is 0 Å². The molecule has 1 aliphatic heterocycles. The quantitative estimate of drug-likeness (QED) is 0.920. The summed E-state index contributed by atoms with van der Waals surface area (Å²) in [4.78, 5) is 25.5. The summed E-state index contributed by atoms with van der Waals surface area (Å²) in [6.07, 6.45) is -0.979. The van der Waals surface area contributed by atoms with Crippen molar-refractivity contribution in [3.63, 3.8) is 0 Å². The summed E-state index contributed by atoms with van der Waals surface area (Å²) in [5.41, 5.74) is 2.76. The second kappa shape index (κ2) is 6.45. The Bertz CT molecular complexity index is 770. The van der Waals surface area contributed by atoms with E-state index in [9.17, 15) is 9.59 Å². The Labute approximate surface area is 139 Å². The van der Waals surface area contributed by atoms with E-state index in [0.717, 1.165) is 11.4 Å². The Balaban J connectivity index is 1.91. The van der Waals surface area contributed by atoms with E-state index >= 15 is 0 Å².